The minimum Gasteiger partial charge on any atom is -0.493 e. The molecule has 1 saturated carbocycles. The maximum atomic E-state index is 6.18. The molecule has 1 aromatic carbocycles. The Morgan fingerprint density at radius 1 is 1.38 bits per heavy atom. The summed E-state index contributed by atoms with van der Waals surface area (Å²) in [6.07, 6.45) is 5.24. The van der Waals surface area contributed by atoms with E-state index in [4.69, 9.17) is 16.3 Å². The molecule has 1 aliphatic carbocycles. The number of nitrogens with zero attached hydrogens (tertiary/aromatic N) is 3. The molecular weight excluding hydrogens is 288 g/mol. The second kappa shape index (κ2) is 5.31. The summed E-state index contributed by atoms with van der Waals surface area (Å²) in [7, 11) is 0. The van der Waals surface area contributed by atoms with E-state index in [9.17, 15) is 0 Å². The van der Waals surface area contributed by atoms with Crippen LogP contribution in [-0.4, -0.2) is 27.4 Å². The van der Waals surface area contributed by atoms with Gasteiger partial charge >= 0.3 is 0 Å². The second-order valence-corrected chi connectivity index (χ2v) is 6.10. The molecule has 0 saturated heterocycles. The largest absolute Gasteiger partial charge is 0.493 e. The number of benzene rings is 1. The topological polar surface area (TPSA) is 52.0 Å². The smallest absolute Gasteiger partial charge is 0.164 e. The van der Waals surface area contributed by atoms with Crippen molar-refractivity contribution in [2.75, 3.05) is 6.61 Å². The molecule has 21 heavy (non-hydrogen) atoms. The van der Waals surface area contributed by atoms with Gasteiger partial charge in [-0.05, 0) is 30.5 Å². The molecule has 1 fully saturated rings. The van der Waals surface area contributed by atoms with Gasteiger partial charge in [-0.1, -0.05) is 11.6 Å². The summed E-state index contributed by atoms with van der Waals surface area (Å²) in [6, 6.07) is 4.61. The molecule has 1 N–H and O–H groups in total. The van der Waals surface area contributed by atoms with Gasteiger partial charge in [-0.15, -0.1) is 0 Å². The molecule has 2 aliphatic rings. The van der Waals surface area contributed by atoms with E-state index in [0.29, 0.717) is 12.6 Å². The zero-order chi connectivity index (χ0) is 14.2. The lowest BCUT2D eigenvalue weighted by Crippen LogP contribution is -2.16. The molecule has 1 aliphatic heterocycles. The van der Waals surface area contributed by atoms with E-state index >= 15 is 0 Å². The third-order valence-electron chi connectivity index (χ3n) is 3.87. The van der Waals surface area contributed by atoms with E-state index in [1.165, 1.54) is 18.4 Å². The van der Waals surface area contributed by atoms with Gasteiger partial charge in [0.15, 0.2) is 5.82 Å². The Morgan fingerprint density at radius 2 is 2.29 bits per heavy atom. The SMILES string of the molecule is Clc1cc2c(c(Cn3cnc(CNC4CC4)n3)c1)OCC2. The van der Waals surface area contributed by atoms with E-state index < -0.39 is 0 Å². The Labute approximate surface area is 128 Å². The second-order valence-electron chi connectivity index (χ2n) is 5.67. The molecule has 0 bridgehead atoms. The van der Waals surface area contributed by atoms with Crippen LogP contribution in [0.15, 0.2) is 18.5 Å². The first-order valence-corrected chi connectivity index (χ1v) is 7.71. The summed E-state index contributed by atoms with van der Waals surface area (Å²) in [6.45, 7) is 2.11. The molecule has 6 heteroatoms. The molecule has 1 aromatic heterocycles. The Morgan fingerprint density at radius 3 is 3.14 bits per heavy atom. The summed E-state index contributed by atoms with van der Waals surface area (Å²) in [4.78, 5) is 4.34. The van der Waals surface area contributed by atoms with Crippen LogP contribution in [-0.2, 0) is 19.5 Å². The van der Waals surface area contributed by atoms with Crippen LogP contribution in [0.5, 0.6) is 5.75 Å². The van der Waals surface area contributed by atoms with Gasteiger partial charge in [0.2, 0.25) is 0 Å². The Balaban J connectivity index is 1.50. The molecule has 0 unspecified atom stereocenters. The fourth-order valence-corrected chi connectivity index (χ4v) is 2.91. The van der Waals surface area contributed by atoms with Gasteiger partial charge in [0.1, 0.15) is 12.1 Å². The molecule has 2 heterocycles. The van der Waals surface area contributed by atoms with Gasteiger partial charge in [-0.3, -0.25) is 0 Å². The third-order valence-corrected chi connectivity index (χ3v) is 4.09. The molecule has 0 atom stereocenters. The molecule has 2 aromatic rings. The first-order chi connectivity index (χ1) is 10.3. The number of hydrogen-bond acceptors (Lipinski definition) is 4. The molecule has 0 amide bonds. The number of rotatable bonds is 5. The Kier molecular flexibility index (Phi) is 3.31. The van der Waals surface area contributed by atoms with E-state index in [2.05, 4.69) is 15.4 Å². The van der Waals surface area contributed by atoms with Gasteiger partial charge in [0.05, 0.1) is 19.7 Å². The van der Waals surface area contributed by atoms with Gasteiger partial charge in [-0.25, -0.2) is 9.67 Å². The first kappa shape index (κ1) is 13.1. The third kappa shape index (κ3) is 2.89. The predicted molar refractivity (Wildman–Crippen MR) is 79.6 cm³/mol. The molecule has 110 valence electrons. The highest BCUT2D eigenvalue weighted by Gasteiger charge is 2.21. The number of aromatic nitrogens is 3. The molecular formula is C15H17ClN4O. The van der Waals surface area contributed by atoms with Crippen molar-refractivity contribution >= 4 is 11.6 Å². The first-order valence-electron chi connectivity index (χ1n) is 7.34. The normalized spacial score (nSPS) is 16.8. The number of halogens is 1. The lowest BCUT2D eigenvalue weighted by Gasteiger charge is -2.08. The summed E-state index contributed by atoms with van der Waals surface area (Å²) < 4.78 is 7.56. The van der Waals surface area contributed by atoms with Crippen LogP contribution in [0.4, 0.5) is 0 Å². The van der Waals surface area contributed by atoms with E-state index in [1.54, 1.807) is 6.33 Å². The summed E-state index contributed by atoms with van der Waals surface area (Å²) in [5, 5.41) is 8.68. The van der Waals surface area contributed by atoms with Gasteiger partial charge in [0.25, 0.3) is 0 Å². The van der Waals surface area contributed by atoms with Crippen LogP contribution < -0.4 is 10.1 Å². The quantitative estimate of drug-likeness (QED) is 0.920. The van der Waals surface area contributed by atoms with Crippen LogP contribution in [0.1, 0.15) is 29.8 Å². The van der Waals surface area contributed by atoms with Crippen LogP contribution in [0, 0.1) is 0 Å². The highest BCUT2D eigenvalue weighted by atomic mass is 35.5. The molecule has 4 rings (SSSR count). The number of nitrogens with one attached hydrogen (secondary N) is 1. The van der Waals surface area contributed by atoms with Crippen LogP contribution in [0.2, 0.25) is 5.02 Å². The lowest BCUT2D eigenvalue weighted by atomic mass is 10.1. The van der Waals surface area contributed by atoms with Crippen molar-refractivity contribution in [2.24, 2.45) is 0 Å². The van der Waals surface area contributed by atoms with Crippen molar-refractivity contribution in [3.05, 3.63) is 40.4 Å². The van der Waals surface area contributed by atoms with Crippen molar-refractivity contribution in [1.82, 2.24) is 20.1 Å². The Bertz CT molecular complexity index is 666. The number of hydrogen-bond donors (Lipinski definition) is 1. The van der Waals surface area contributed by atoms with Crippen molar-refractivity contribution in [3.8, 4) is 5.75 Å². The summed E-state index contributed by atoms with van der Waals surface area (Å²) in [5.74, 6) is 1.80. The average molecular weight is 305 g/mol. The number of fused-ring (bicyclic) bond motifs is 1. The summed E-state index contributed by atoms with van der Waals surface area (Å²) >= 11 is 6.18. The zero-order valence-electron chi connectivity index (χ0n) is 11.7. The fraction of sp³-hybridized carbons (Fsp3) is 0.467. The maximum absolute atomic E-state index is 6.18. The summed E-state index contributed by atoms with van der Waals surface area (Å²) in [5.41, 5.74) is 2.26. The van der Waals surface area contributed by atoms with Gasteiger partial charge < -0.3 is 10.1 Å². The predicted octanol–water partition coefficient (Wildman–Crippen LogP) is 2.17. The van der Waals surface area contributed by atoms with E-state index in [-0.39, 0.29) is 0 Å². The van der Waals surface area contributed by atoms with Crippen molar-refractivity contribution in [2.45, 2.75) is 38.4 Å². The maximum Gasteiger partial charge on any atom is 0.164 e. The van der Waals surface area contributed by atoms with Crippen molar-refractivity contribution in [3.63, 3.8) is 0 Å². The van der Waals surface area contributed by atoms with Crippen LogP contribution in [0.25, 0.3) is 0 Å². The van der Waals surface area contributed by atoms with E-state index in [0.717, 1.165) is 41.7 Å². The highest BCUT2D eigenvalue weighted by molar-refractivity contribution is 6.30. The molecule has 5 nitrogen and oxygen atoms in total. The van der Waals surface area contributed by atoms with E-state index in [1.807, 2.05) is 16.8 Å². The highest BCUT2D eigenvalue weighted by Crippen LogP contribution is 2.33. The average Bonchev–Trinajstić information content (AvgIpc) is 2.98. The minimum absolute atomic E-state index is 0.638. The van der Waals surface area contributed by atoms with Crippen molar-refractivity contribution < 1.29 is 4.74 Å². The zero-order valence-corrected chi connectivity index (χ0v) is 12.4. The van der Waals surface area contributed by atoms with Gasteiger partial charge in [-0.2, -0.15) is 5.10 Å². The van der Waals surface area contributed by atoms with Crippen LogP contribution in [0.3, 0.4) is 0 Å². The molecule has 0 radical (unpaired) electrons. The van der Waals surface area contributed by atoms with Crippen molar-refractivity contribution in [1.29, 1.82) is 0 Å². The fourth-order valence-electron chi connectivity index (χ4n) is 2.65. The number of ether oxygens (including phenoxy) is 1. The standard InChI is InChI=1S/C15H17ClN4O/c16-12-5-10-3-4-21-15(10)11(6-12)8-20-9-18-14(19-20)7-17-13-1-2-13/h5-6,9,13,17H,1-4,7-8H2. The lowest BCUT2D eigenvalue weighted by molar-refractivity contribution is 0.352. The minimum atomic E-state index is 0.638. The van der Waals surface area contributed by atoms with Crippen LogP contribution >= 0.6 is 11.6 Å². The Hall–Kier alpha value is -1.59. The molecule has 0 spiro atoms. The van der Waals surface area contributed by atoms with Gasteiger partial charge in [0, 0.05) is 23.0 Å². The monoisotopic (exact) mass is 304 g/mol.